The molecule has 1 aliphatic rings. The van der Waals surface area contributed by atoms with E-state index in [-0.39, 0.29) is 11.8 Å². The van der Waals surface area contributed by atoms with Gasteiger partial charge in [0.25, 0.3) is 5.91 Å². The highest BCUT2D eigenvalue weighted by molar-refractivity contribution is 9.10. The number of para-hydroxylation sites is 1. The van der Waals surface area contributed by atoms with Crippen LogP contribution >= 0.6 is 15.9 Å². The van der Waals surface area contributed by atoms with E-state index in [0.717, 1.165) is 27.1 Å². The van der Waals surface area contributed by atoms with E-state index in [9.17, 15) is 9.59 Å². The van der Waals surface area contributed by atoms with E-state index in [2.05, 4.69) is 26.3 Å². The molecule has 0 aliphatic carbocycles. The van der Waals surface area contributed by atoms with Gasteiger partial charge in [-0.25, -0.2) is 4.68 Å². The second-order valence-corrected chi connectivity index (χ2v) is 7.95. The number of amides is 2. The van der Waals surface area contributed by atoms with E-state index >= 15 is 0 Å². The highest BCUT2D eigenvalue weighted by Gasteiger charge is 2.38. The molecule has 1 fully saturated rings. The van der Waals surface area contributed by atoms with E-state index < -0.39 is 6.04 Å². The predicted molar refractivity (Wildman–Crippen MR) is 114 cm³/mol. The van der Waals surface area contributed by atoms with Gasteiger partial charge in [0.1, 0.15) is 6.04 Å². The Morgan fingerprint density at radius 2 is 1.90 bits per heavy atom. The molecule has 148 valence electrons. The summed E-state index contributed by atoms with van der Waals surface area (Å²) in [4.78, 5) is 27.8. The van der Waals surface area contributed by atoms with Crippen molar-refractivity contribution in [2.45, 2.75) is 19.9 Å². The smallest absolute Gasteiger partial charge is 0.254 e. The van der Waals surface area contributed by atoms with Crippen LogP contribution in [0.15, 0.2) is 59.1 Å². The van der Waals surface area contributed by atoms with Crippen LogP contribution in [0.2, 0.25) is 0 Å². The Kier molecular flexibility index (Phi) is 5.24. The minimum absolute atomic E-state index is 0.169. The molecule has 1 aliphatic heterocycles. The molecular weight excluding hydrogens is 432 g/mol. The van der Waals surface area contributed by atoms with Crippen molar-refractivity contribution in [2.75, 3.05) is 13.1 Å². The maximum absolute atomic E-state index is 13.3. The summed E-state index contributed by atoms with van der Waals surface area (Å²) in [6.45, 7) is 4.69. The van der Waals surface area contributed by atoms with Gasteiger partial charge in [0.15, 0.2) is 0 Å². The van der Waals surface area contributed by atoms with Crippen molar-refractivity contribution >= 4 is 27.7 Å². The van der Waals surface area contributed by atoms with Crippen molar-refractivity contribution in [1.82, 2.24) is 20.0 Å². The van der Waals surface area contributed by atoms with Gasteiger partial charge in [-0.05, 0) is 44.2 Å². The first-order valence-corrected chi connectivity index (χ1v) is 10.2. The number of aryl methyl sites for hydroxylation is 1. The molecule has 3 aromatic rings. The third kappa shape index (κ3) is 3.58. The first-order chi connectivity index (χ1) is 14.0. The van der Waals surface area contributed by atoms with Crippen molar-refractivity contribution in [3.8, 4) is 5.69 Å². The normalized spacial score (nSPS) is 16.6. The maximum atomic E-state index is 13.3. The Labute approximate surface area is 177 Å². The largest absolute Gasteiger partial charge is 0.352 e. The van der Waals surface area contributed by atoms with Crippen LogP contribution < -0.4 is 5.32 Å². The lowest BCUT2D eigenvalue weighted by Gasteiger charge is -2.35. The summed E-state index contributed by atoms with van der Waals surface area (Å²) in [5, 5.41) is 7.56. The molecule has 0 bridgehead atoms. The fourth-order valence-corrected chi connectivity index (χ4v) is 4.23. The summed E-state index contributed by atoms with van der Waals surface area (Å²) in [7, 11) is 0. The van der Waals surface area contributed by atoms with Crippen molar-refractivity contribution in [3.63, 3.8) is 0 Å². The zero-order valence-electron chi connectivity index (χ0n) is 16.2. The molecule has 6 nitrogen and oxygen atoms in total. The molecule has 0 saturated carbocycles. The molecule has 1 aromatic heterocycles. The summed E-state index contributed by atoms with van der Waals surface area (Å²) in [5.41, 5.74) is 3.82. The van der Waals surface area contributed by atoms with Crippen LogP contribution in [0.5, 0.6) is 0 Å². The molecule has 7 heteroatoms. The van der Waals surface area contributed by atoms with E-state index in [4.69, 9.17) is 0 Å². The number of carbonyl (C=O) groups excluding carboxylic acids is 2. The van der Waals surface area contributed by atoms with Crippen molar-refractivity contribution in [2.24, 2.45) is 0 Å². The molecule has 4 rings (SSSR count). The number of nitrogens with zero attached hydrogens (tertiary/aromatic N) is 3. The summed E-state index contributed by atoms with van der Waals surface area (Å²) in [6, 6.07) is 16.3. The molecule has 2 amide bonds. The minimum atomic E-state index is -0.715. The van der Waals surface area contributed by atoms with Crippen molar-refractivity contribution < 1.29 is 9.59 Å². The van der Waals surface area contributed by atoms with Gasteiger partial charge < -0.3 is 10.2 Å². The number of rotatable bonds is 3. The van der Waals surface area contributed by atoms with Gasteiger partial charge >= 0.3 is 0 Å². The standard InChI is InChI=1S/C22H21BrN4O2/c1-14-19(15(2)27(25-14)18-9-4-3-5-10-18)20-21(28)24-11-12-26(20)22(29)16-7-6-8-17(23)13-16/h3-10,13,20H,11-12H2,1-2H3,(H,24,28)/t20-/m1/s1. The fourth-order valence-electron chi connectivity index (χ4n) is 3.83. The average molecular weight is 453 g/mol. The highest BCUT2D eigenvalue weighted by atomic mass is 79.9. The monoisotopic (exact) mass is 452 g/mol. The Morgan fingerprint density at radius 1 is 1.14 bits per heavy atom. The Bertz CT molecular complexity index is 1080. The summed E-state index contributed by atoms with van der Waals surface area (Å²) in [5.74, 6) is -0.351. The van der Waals surface area contributed by atoms with Crippen LogP contribution in [-0.2, 0) is 4.79 Å². The number of carbonyl (C=O) groups is 2. The Hall–Kier alpha value is -2.93. The lowest BCUT2D eigenvalue weighted by atomic mass is 9.99. The summed E-state index contributed by atoms with van der Waals surface area (Å²) >= 11 is 3.42. The third-order valence-electron chi connectivity index (χ3n) is 5.17. The lowest BCUT2D eigenvalue weighted by molar-refractivity contribution is -0.128. The molecule has 0 radical (unpaired) electrons. The van der Waals surface area contributed by atoms with E-state index in [0.29, 0.717) is 18.7 Å². The first kappa shape index (κ1) is 19.4. The minimum Gasteiger partial charge on any atom is -0.352 e. The molecule has 2 heterocycles. The van der Waals surface area contributed by atoms with Gasteiger partial charge in [-0.15, -0.1) is 0 Å². The summed E-state index contributed by atoms with van der Waals surface area (Å²) in [6.07, 6.45) is 0. The van der Waals surface area contributed by atoms with Gasteiger partial charge in [-0.3, -0.25) is 9.59 Å². The van der Waals surface area contributed by atoms with Gasteiger partial charge in [0.05, 0.1) is 11.4 Å². The first-order valence-electron chi connectivity index (χ1n) is 9.43. The summed E-state index contributed by atoms with van der Waals surface area (Å²) < 4.78 is 2.65. The van der Waals surface area contributed by atoms with E-state index in [1.807, 2.05) is 61.0 Å². The SMILES string of the molecule is Cc1nn(-c2ccccc2)c(C)c1[C@@H]1C(=O)NCCN1C(=O)c1cccc(Br)c1. The van der Waals surface area contributed by atoms with Crippen LogP contribution in [0.4, 0.5) is 0 Å². The van der Waals surface area contributed by atoms with Crippen LogP contribution in [0, 0.1) is 13.8 Å². The average Bonchev–Trinajstić information content (AvgIpc) is 3.02. The number of hydrogen-bond donors (Lipinski definition) is 1. The highest BCUT2D eigenvalue weighted by Crippen LogP contribution is 2.31. The van der Waals surface area contributed by atoms with Gasteiger partial charge in [-0.2, -0.15) is 5.10 Å². The number of nitrogens with one attached hydrogen (secondary N) is 1. The molecular formula is C22H21BrN4O2. The number of piperazine rings is 1. The van der Waals surface area contributed by atoms with Gasteiger partial charge in [0, 0.05) is 34.4 Å². The molecule has 0 spiro atoms. The van der Waals surface area contributed by atoms with E-state index in [1.165, 1.54) is 0 Å². The second-order valence-electron chi connectivity index (χ2n) is 7.03. The van der Waals surface area contributed by atoms with Crippen LogP contribution in [0.1, 0.15) is 33.4 Å². The number of halogens is 1. The van der Waals surface area contributed by atoms with Crippen molar-refractivity contribution in [1.29, 1.82) is 0 Å². The predicted octanol–water partition coefficient (Wildman–Crippen LogP) is 3.56. The Morgan fingerprint density at radius 3 is 2.62 bits per heavy atom. The molecule has 1 saturated heterocycles. The topological polar surface area (TPSA) is 67.2 Å². The van der Waals surface area contributed by atoms with Crippen LogP contribution in [0.25, 0.3) is 5.69 Å². The molecule has 29 heavy (non-hydrogen) atoms. The number of aromatic nitrogens is 2. The zero-order chi connectivity index (χ0) is 20.5. The van der Waals surface area contributed by atoms with Crippen molar-refractivity contribution in [3.05, 3.63) is 81.6 Å². The number of benzene rings is 2. The molecule has 2 aromatic carbocycles. The zero-order valence-corrected chi connectivity index (χ0v) is 17.8. The van der Waals surface area contributed by atoms with Gasteiger partial charge in [-0.1, -0.05) is 40.2 Å². The quantitative estimate of drug-likeness (QED) is 0.660. The third-order valence-corrected chi connectivity index (χ3v) is 5.66. The van der Waals surface area contributed by atoms with Crippen LogP contribution in [-0.4, -0.2) is 39.6 Å². The number of hydrogen-bond acceptors (Lipinski definition) is 3. The van der Waals surface area contributed by atoms with E-state index in [1.54, 1.807) is 17.0 Å². The molecule has 0 unspecified atom stereocenters. The molecule has 1 N–H and O–H groups in total. The molecule has 1 atom stereocenters. The lowest BCUT2D eigenvalue weighted by Crippen LogP contribution is -2.52. The maximum Gasteiger partial charge on any atom is 0.254 e. The Balaban J connectivity index is 1.78. The van der Waals surface area contributed by atoms with Crippen LogP contribution in [0.3, 0.4) is 0 Å². The van der Waals surface area contributed by atoms with Gasteiger partial charge in [0.2, 0.25) is 5.91 Å². The fraction of sp³-hybridized carbons (Fsp3) is 0.227. The second kappa shape index (κ2) is 7.83.